The molecule has 10 heteroatoms. The van der Waals surface area contributed by atoms with Crippen LogP contribution >= 0.6 is 0 Å². The largest absolute Gasteiger partial charge is 0.367 e. The molecule has 0 bridgehead atoms. The van der Waals surface area contributed by atoms with E-state index in [-0.39, 0.29) is 10.9 Å². The Hall–Kier alpha value is -4.34. The van der Waals surface area contributed by atoms with Crippen molar-refractivity contribution in [1.29, 1.82) is 0 Å². The Labute approximate surface area is 199 Å². The van der Waals surface area contributed by atoms with Gasteiger partial charge in [-0.25, -0.2) is 14.4 Å². The quantitative estimate of drug-likeness (QED) is 0.363. The fourth-order valence-electron chi connectivity index (χ4n) is 4.82. The highest BCUT2D eigenvalue weighted by Gasteiger charge is 2.31. The Bertz CT molecular complexity index is 1480. The molecule has 2 aromatic carbocycles. The number of rotatable bonds is 4. The summed E-state index contributed by atoms with van der Waals surface area (Å²) in [5, 5.41) is 11.8. The number of pyridine rings is 1. The molecule has 2 aliphatic rings. The van der Waals surface area contributed by atoms with Gasteiger partial charge < -0.3 is 14.8 Å². The first-order chi connectivity index (χ1) is 17.1. The van der Waals surface area contributed by atoms with E-state index in [1.54, 1.807) is 5.01 Å². The van der Waals surface area contributed by atoms with Gasteiger partial charge in [-0.3, -0.25) is 9.59 Å². The van der Waals surface area contributed by atoms with Crippen molar-refractivity contribution in [3.05, 3.63) is 66.2 Å². The number of carbonyl (C=O) groups is 2. The van der Waals surface area contributed by atoms with Crippen LogP contribution in [0.5, 0.6) is 0 Å². The first-order valence-corrected chi connectivity index (χ1v) is 11.5. The van der Waals surface area contributed by atoms with E-state index in [0.29, 0.717) is 50.6 Å². The fraction of sp³-hybridized carbons (Fsp3) is 0.240. The summed E-state index contributed by atoms with van der Waals surface area (Å²) in [6, 6.07) is 14.4. The number of aromatic nitrogens is 2. The SMILES string of the molecule is O=C(C(=O)N1CCN(c2cccc3ccccc23)CC1)c1c[nH]c2c(N3CCN=N3)ncc(F)c12. The Morgan fingerprint density at radius 2 is 1.77 bits per heavy atom. The van der Waals surface area contributed by atoms with Gasteiger partial charge in [0.15, 0.2) is 11.6 Å². The zero-order chi connectivity index (χ0) is 23.9. The van der Waals surface area contributed by atoms with E-state index < -0.39 is 17.5 Å². The lowest BCUT2D eigenvalue weighted by molar-refractivity contribution is -0.126. The normalized spacial score (nSPS) is 16.0. The Morgan fingerprint density at radius 3 is 2.57 bits per heavy atom. The number of aromatic amines is 1. The maximum Gasteiger partial charge on any atom is 0.295 e. The number of H-pyrrole nitrogens is 1. The lowest BCUT2D eigenvalue weighted by atomic mass is 10.1. The van der Waals surface area contributed by atoms with Gasteiger partial charge in [-0.2, -0.15) is 5.11 Å². The third-order valence-electron chi connectivity index (χ3n) is 6.58. The summed E-state index contributed by atoms with van der Waals surface area (Å²) in [6.07, 6.45) is 2.42. The van der Waals surface area contributed by atoms with Crippen molar-refractivity contribution < 1.29 is 14.0 Å². The van der Waals surface area contributed by atoms with Crippen LogP contribution in [0.15, 0.2) is 65.2 Å². The van der Waals surface area contributed by atoms with Crippen LogP contribution in [0.4, 0.5) is 15.9 Å². The molecule has 35 heavy (non-hydrogen) atoms. The van der Waals surface area contributed by atoms with Gasteiger partial charge in [-0.15, -0.1) is 0 Å². The van der Waals surface area contributed by atoms with Crippen molar-refractivity contribution in [3.63, 3.8) is 0 Å². The number of benzene rings is 2. The van der Waals surface area contributed by atoms with Gasteiger partial charge in [-0.1, -0.05) is 41.6 Å². The molecule has 1 amide bonds. The van der Waals surface area contributed by atoms with Crippen LogP contribution in [0.3, 0.4) is 0 Å². The molecule has 0 saturated carbocycles. The zero-order valence-electron chi connectivity index (χ0n) is 18.8. The smallest absolute Gasteiger partial charge is 0.295 e. The summed E-state index contributed by atoms with van der Waals surface area (Å²) in [5.41, 5.74) is 1.43. The van der Waals surface area contributed by atoms with Crippen molar-refractivity contribution in [2.24, 2.45) is 10.3 Å². The minimum Gasteiger partial charge on any atom is -0.367 e. The van der Waals surface area contributed by atoms with Crippen LogP contribution in [0.25, 0.3) is 21.7 Å². The number of anilines is 2. The highest BCUT2D eigenvalue weighted by atomic mass is 19.1. The molecular formula is C25H22FN7O2. The topological polar surface area (TPSA) is 97.3 Å². The number of hydrogen-bond donors (Lipinski definition) is 1. The molecule has 1 N–H and O–H groups in total. The number of ketones is 1. The molecule has 4 aromatic rings. The molecule has 2 aliphatic heterocycles. The van der Waals surface area contributed by atoms with E-state index in [0.717, 1.165) is 22.7 Å². The Balaban J connectivity index is 1.22. The summed E-state index contributed by atoms with van der Waals surface area (Å²) < 4.78 is 14.7. The molecule has 1 fully saturated rings. The van der Waals surface area contributed by atoms with Gasteiger partial charge in [0.05, 0.1) is 35.8 Å². The monoisotopic (exact) mass is 471 g/mol. The van der Waals surface area contributed by atoms with Crippen molar-refractivity contribution in [2.45, 2.75) is 0 Å². The second kappa shape index (κ2) is 8.46. The summed E-state index contributed by atoms with van der Waals surface area (Å²) in [6.45, 7) is 3.03. The predicted octanol–water partition coefficient (Wildman–Crippen LogP) is 3.57. The molecule has 0 spiro atoms. The molecule has 0 unspecified atom stereocenters. The van der Waals surface area contributed by atoms with Crippen molar-refractivity contribution >= 4 is 44.9 Å². The molecule has 0 aliphatic carbocycles. The lowest BCUT2D eigenvalue weighted by Crippen LogP contribution is -2.50. The zero-order valence-corrected chi connectivity index (χ0v) is 18.8. The number of fused-ring (bicyclic) bond motifs is 2. The van der Waals surface area contributed by atoms with Crippen LogP contribution in [0.2, 0.25) is 0 Å². The van der Waals surface area contributed by atoms with Crippen LogP contribution in [0, 0.1) is 5.82 Å². The highest BCUT2D eigenvalue weighted by molar-refractivity contribution is 6.45. The summed E-state index contributed by atoms with van der Waals surface area (Å²) in [5.74, 6) is -1.67. The van der Waals surface area contributed by atoms with Crippen molar-refractivity contribution in [1.82, 2.24) is 14.9 Å². The van der Waals surface area contributed by atoms with Gasteiger partial charge in [0, 0.05) is 43.4 Å². The lowest BCUT2D eigenvalue weighted by Gasteiger charge is -2.36. The van der Waals surface area contributed by atoms with E-state index in [4.69, 9.17) is 0 Å². The molecular weight excluding hydrogens is 449 g/mol. The maximum absolute atomic E-state index is 14.7. The van der Waals surface area contributed by atoms with E-state index in [1.165, 1.54) is 11.1 Å². The molecule has 0 radical (unpaired) electrons. The summed E-state index contributed by atoms with van der Waals surface area (Å²) in [7, 11) is 0. The molecule has 0 atom stereocenters. The van der Waals surface area contributed by atoms with E-state index in [9.17, 15) is 14.0 Å². The average molecular weight is 471 g/mol. The first kappa shape index (κ1) is 21.2. The number of halogens is 1. The minimum absolute atomic E-state index is 0.00114. The number of carbonyl (C=O) groups excluding carboxylic acids is 2. The number of amides is 1. The first-order valence-electron chi connectivity index (χ1n) is 11.5. The van der Waals surface area contributed by atoms with Crippen molar-refractivity contribution in [3.8, 4) is 0 Å². The second-order valence-electron chi connectivity index (χ2n) is 8.57. The fourth-order valence-corrected chi connectivity index (χ4v) is 4.82. The third-order valence-corrected chi connectivity index (χ3v) is 6.58. The van der Waals surface area contributed by atoms with Gasteiger partial charge in [0.25, 0.3) is 11.7 Å². The maximum atomic E-state index is 14.7. The Morgan fingerprint density at radius 1 is 0.971 bits per heavy atom. The van der Waals surface area contributed by atoms with Crippen LogP contribution in [-0.4, -0.2) is 65.8 Å². The van der Waals surface area contributed by atoms with Gasteiger partial charge in [0.1, 0.15) is 0 Å². The Kier molecular flexibility index (Phi) is 5.13. The van der Waals surface area contributed by atoms with Crippen LogP contribution in [0.1, 0.15) is 10.4 Å². The number of Topliss-reactive ketones (excluding diaryl/α,β-unsaturated/α-hetero) is 1. The number of nitrogens with one attached hydrogen (secondary N) is 1. The molecule has 2 aromatic heterocycles. The van der Waals surface area contributed by atoms with Gasteiger partial charge >= 0.3 is 0 Å². The second-order valence-corrected chi connectivity index (χ2v) is 8.57. The highest BCUT2D eigenvalue weighted by Crippen LogP contribution is 2.31. The number of nitrogens with zero attached hydrogens (tertiary/aromatic N) is 6. The van der Waals surface area contributed by atoms with Crippen LogP contribution in [-0.2, 0) is 4.79 Å². The average Bonchev–Trinajstić information content (AvgIpc) is 3.59. The minimum atomic E-state index is -0.742. The summed E-state index contributed by atoms with van der Waals surface area (Å²) in [4.78, 5) is 37.1. The molecule has 4 heterocycles. The number of piperazine rings is 1. The van der Waals surface area contributed by atoms with Crippen LogP contribution < -0.4 is 9.91 Å². The van der Waals surface area contributed by atoms with Gasteiger partial charge in [-0.05, 0) is 11.5 Å². The van der Waals surface area contributed by atoms with Gasteiger partial charge in [0.2, 0.25) is 0 Å². The van der Waals surface area contributed by atoms with E-state index in [1.807, 2.05) is 18.2 Å². The van der Waals surface area contributed by atoms with E-state index in [2.05, 4.69) is 49.5 Å². The summed E-state index contributed by atoms with van der Waals surface area (Å²) >= 11 is 0. The molecule has 9 nitrogen and oxygen atoms in total. The number of hydrogen-bond acceptors (Lipinski definition) is 7. The standard InChI is InChI=1S/C25H22FN7O2/c26-19-15-28-24(33-9-8-29-30-33)22-21(19)18(14-27-22)23(34)25(35)32-12-10-31(11-13-32)20-7-3-5-16-4-1-2-6-17(16)20/h1-7,14-15,27H,8-13H2. The molecule has 1 saturated heterocycles. The molecule has 6 rings (SSSR count). The van der Waals surface area contributed by atoms with Crippen molar-refractivity contribution in [2.75, 3.05) is 49.2 Å². The predicted molar refractivity (Wildman–Crippen MR) is 130 cm³/mol. The van der Waals surface area contributed by atoms with E-state index >= 15 is 0 Å². The third kappa shape index (κ3) is 3.58. The molecule has 176 valence electrons.